The van der Waals surface area contributed by atoms with Gasteiger partial charge in [-0.25, -0.2) is 0 Å². The molecule has 0 saturated carbocycles. The minimum atomic E-state index is 0.0480. The van der Waals surface area contributed by atoms with E-state index < -0.39 is 0 Å². The normalized spacial score (nSPS) is 12.8. The van der Waals surface area contributed by atoms with E-state index in [4.69, 9.17) is 11.6 Å². The van der Waals surface area contributed by atoms with Crippen LogP contribution < -0.4 is 0 Å². The third kappa shape index (κ3) is 11.1. The van der Waals surface area contributed by atoms with Crippen LogP contribution in [0.5, 0.6) is 0 Å². The molecule has 0 amide bonds. The molecule has 15 heavy (non-hydrogen) atoms. The molecule has 0 rings (SSSR count). The molecule has 0 fully saturated rings. The topological polar surface area (TPSA) is 0 Å². The van der Waals surface area contributed by atoms with E-state index in [0.29, 0.717) is 4.75 Å². The van der Waals surface area contributed by atoms with E-state index in [9.17, 15) is 0 Å². The maximum atomic E-state index is 5.71. The Labute approximate surface area is 107 Å². The Morgan fingerprint density at radius 1 is 1.13 bits per heavy atom. The van der Waals surface area contributed by atoms with Gasteiger partial charge in [0, 0.05) is 10.6 Å². The fraction of sp³-hybridized carbons (Fsp3) is 1.00. The molecule has 3 heteroatoms. The number of alkyl halides is 1. The Hall–Kier alpha value is 0.857. The summed E-state index contributed by atoms with van der Waals surface area (Å²) in [6, 6.07) is 1.28. The van der Waals surface area contributed by atoms with Gasteiger partial charge in [-0.3, -0.25) is 0 Å². The first kappa shape index (κ1) is 15.9. The van der Waals surface area contributed by atoms with Gasteiger partial charge in [-0.15, -0.1) is 11.6 Å². The molecule has 0 radical (unpaired) electrons. The monoisotopic (exact) mass is 266 g/mol. The number of hydrogen-bond acceptors (Lipinski definition) is 1. The summed E-state index contributed by atoms with van der Waals surface area (Å²) < 4.78 is 0.518. The lowest BCUT2D eigenvalue weighted by molar-refractivity contribution is 0.551. The number of unbranched alkanes of at least 4 members (excludes halogenated alkanes) is 4. The third-order valence-corrected chi connectivity index (χ3v) is 9.02. The van der Waals surface area contributed by atoms with Crippen molar-refractivity contribution in [3.05, 3.63) is 0 Å². The Kier molecular flexibility index (Phi) is 10.6. The molecule has 0 nitrogen and oxygen atoms in total. The van der Waals surface area contributed by atoms with E-state index in [0.717, 1.165) is 5.88 Å². The molecule has 0 N–H and O–H groups in total. The summed E-state index contributed by atoms with van der Waals surface area (Å²) in [5, 5.41) is 0. The summed E-state index contributed by atoms with van der Waals surface area (Å²) in [7, 11) is 0.0480. The van der Waals surface area contributed by atoms with Crippen LogP contribution in [0.15, 0.2) is 0 Å². The Bertz CT molecular complexity index is 140. The highest BCUT2D eigenvalue weighted by atomic mass is 35.5. The first-order chi connectivity index (χ1) is 7.12. The van der Waals surface area contributed by atoms with Gasteiger partial charge < -0.3 is 0 Å². The van der Waals surface area contributed by atoms with Crippen molar-refractivity contribution in [2.45, 2.75) is 70.1 Å². The minimum absolute atomic E-state index is 0.0480. The van der Waals surface area contributed by atoms with E-state index in [-0.39, 0.29) is 8.67 Å². The number of hydrogen-bond donors (Lipinski definition) is 0. The van der Waals surface area contributed by atoms with Gasteiger partial charge in [0.15, 0.2) is 0 Å². The summed E-state index contributed by atoms with van der Waals surface area (Å²) in [6.45, 7) is 7.08. The Morgan fingerprint density at radius 2 is 1.80 bits per heavy atom. The van der Waals surface area contributed by atoms with Crippen LogP contribution in [0, 0.1) is 0 Å². The van der Waals surface area contributed by atoms with Crippen molar-refractivity contribution >= 4 is 31.5 Å². The van der Waals surface area contributed by atoms with E-state index in [1.807, 2.05) is 0 Å². The summed E-state index contributed by atoms with van der Waals surface area (Å²) in [4.78, 5) is 0. The molecule has 0 aromatic rings. The molecule has 92 valence electrons. The van der Waals surface area contributed by atoms with E-state index in [1.165, 1.54) is 44.6 Å². The van der Waals surface area contributed by atoms with Crippen molar-refractivity contribution in [1.29, 1.82) is 0 Å². The van der Waals surface area contributed by atoms with Gasteiger partial charge in [0.25, 0.3) is 0 Å². The van der Waals surface area contributed by atoms with Gasteiger partial charge in [0.05, 0.1) is 8.67 Å². The molecule has 0 unspecified atom stereocenters. The fourth-order valence-electron chi connectivity index (χ4n) is 1.63. The quantitative estimate of drug-likeness (QED) is 0.316. The molecular weight excluding hydrogens is 240 g/mol. The molecule has 0 spiro atoms. The highest BCUT2D eigenvalue weighted by molar-refractivity contribution is 8.23. The zero-order valence-corrected chi connectivity index (χ0v) is 13.6. The molecule has 0 aromatic heterocycles. The largest absolute Gasteiger partial charge is 0.187 e. The third-order valence-electron chi connectivity index (χ3n) is 2.65. The molecule has 0 aromatic carbocycles. The van der Waals surface area contributed by atoms with Gasteiger partial charge >= 0.3 is 0 Å². The predicted octanol–water partition coefficient (Wildman–Crippen LogP) is 4.60. The lowest BCUT2D eigenvalue weighted by Gasteiger charge is -2.24. The maximum Gasteiger partial charge on any atom is 0.0873 e. The van der Waals surface area contributed by atoms with Gasteiger partial charge in [-0.1, -0.05) is 52.9 Å². The molecule has 0 aliphatic carbocycles. The highest BCUT2D eigenvalue weighted by Gasteiger charge is 2.16. The van der Waals surface area contributed by atoms with Crippen molar-refractivity contribution in [3.8, 4) is 0 Å². The van der Waals surface area contributed by atoms with Gasteiger partial charge in [0.2, 0.25) is 0 Å². The maximum absolute atomic E-state index is 5.71. The van der Waals surface area contributed by atoms with Crippen LogP contribution in [0.2, 0.25) is 6.04 Å². The molecule has 0 aliphatic heterocycles. The van der Waals surface area contributed by atoms with Gasteiger partial charge in [-0.05, 0) is 12.5 Å². The van der Waals surface area contributed by atoms with Crippen LogP contribution in [0.4, 0.5) is 0 Å². The van der Waals surface area contributed by atoms with Crippen molar-refractivity contribution in [1.82, 2.24) is 0 Å². The van der Waals surface area contributed by atoms with Crippen molar-refractivity contribution in [2.75, 3.05) is 5.88 Å². The van der Waals surface area contributed by atoms with Crippen LogP contribution in [-0.2, 0) is 0 Å². The van der Waals surface area contributed by atoms with Crippen LogP contribution in [0.1, 0.15) is 59.3 Å². The lowest BCUT2D eigenvalue weighted by Crippen LogP contribution is -2.16. The molecule has 0 heterocycles. The van der Waals surface area contributed by atoms with Crippen molar-refractivity contribution in [3.63, 3.8) is 0 Å². The Balaban J connectivity index is 3.38. The summed E-state index contributed by atoms with van der Waals surface area (Å²) >= 11 is 7.93. The van der Waals surface area contributed by atoms with Crippen LogP contribution >= 0.6 is 22.8 Å². The van der Waals surface area contributed by atoms with E-state index >= 15 is 0 Å². The molecule has 0 atom stereocenters. The summed E-state index contributed by atoms with van der Waals surface area (Å²) in [6.07, 6.45) is 8.41. The number of rotatable bonds is 10. The minimum Gasteiger partial charge on any atom is -0.187 e. The average molecular weight is 267 g/mol. The predicted molar refractivity (Wildman–Crippen MR) is 79.1 cm³/mol. The second-order valence-corrected chi connectivity index (χ2v) is 9.79. The van der Waals surface area contributed by atoms with Crippen LogP contribution in [-0.4, -0.2) is 19.3 Å². The van der Waals surface area contributed by atoms with E-state index in [2.05, 4.69) is 32.0 Å². The number of halogens is 1. The fourth-order valence-corrected chi connectivity index (χ4v) is 6.56. The molecular formula is C12H27ClSSi. The smallest absolute Gasteiger partial charge is 0.0873 e. The summed E-state index contributed by atoms with van der Waals surface area (Å²) in [5.74, 6) is 0.867. The highest BCUT2D eigenvalue weighted by Crippen LogP contribution is 2.29. The van der Waals surface area contributed by atoms with Gasteiger partial charge in [0.1, 0.15) is 0 Å². The molecule has 0 aliphatic rings. The average Bonchev–Trinajstić information content (AvgIpc) is 2.17. The zero-order valence-electron chi connectivity index (χ0n) is 10.7. The second-order valence-electron chi connectivity index (χ2n) is 4.81. The van der Waals surface area contributed by atoms with Gasteiger partial charge in [-0.2, -0.15) is 11.2 Å². The zero-order chi connectivity index (χ0) is 11.6. The van der Waals surface area contributed by atoms with Crippen molar-refractivity contribution < 1.29 is 0 Å². The first-order valence-corrected chi connectivity index (χ1v) is 10.6. The van der Waals surface area contributed by atoms with Crippen LogP contribution in [0.25, 0.3) is 0 Å². The Morgan fingerprint density at radius 3 is 2.40 bits per heavy atom. The second kappa shape index (κ2) is 10.0. The van der Waals surface area contributed by atoms with Crippen LogP contribution in [0.3, 0.4) is 0 Å². The standard InChI is InChI=1S/C12H27ClSSi/c1-4-5-6-7-8-9-12(2,3)14-15-11-10-13/h4-11,15H2,1-3H3. The SMILES string of the molecule is CCCCCCCC(C)(C)S[SiH2]CCCl. The van der Waals surface area contributed by atoms with Crippen molar-refractivity contribution in [2.24, 2.45) is 0 Å². The molecule has 0 saturated heterocycles. The van der Waals surface area contributed by atoms with E-state index in [1.54, 1.807) is 0 Å². The molecule has 0 bridgehead atoms. The first-order valence-electron chi connectivity index (χ1n) is 6.32. The lowest BCUT2D eigenvalue weighted by atomic mass is 10.0. The summed E-state index contributed by atoms with van der Waals surface area (Å²) in [5.41, 5.74) is 0.